The van der Waals surface area contributed by atoms with Crippen molar-refractivity contribution in [1.29, 1.82) is 0 Å². The van der Waals surface area contributed by atoms with E-state index in [0.717, 1.165) is 11.5 Å². The first-order chi connectivity index (χ1) is 19.2. The van der Waals surface area contributed by atoms with Gasteiger partial charge in [-0.1, -0.05) is 86.2 Å². The number of hydrogen-bond acceptors (Lipinski definition) is 2. The molecular formula is C38H40O2. The summed E-state index contributed by atoms with van der Waals surface area (Å²) >= 11 is 0. The van der Waals surface area contributed by atoms with Crippen LogP contribution >= 0.6 is 0 Å². The topological polar surface area (TPSA) is 18.5 Å². The smallest absolute Gasteiger partial charge is 0.118 e. The number of methoxy groups -OCH3 is 2. The summed E-state index contributed by atoms with van der Waals surface area (Å²) in [6.07, 6.45) is 0. The lowest BCUT2D eigenvalue weighted by molar-refractivity contribution is 0.414. The fourth-order valence-electron chi connectivity index (χ4n) is 6.42. The Morgan fingerprint density at radius 3 is 1.88 bits per heavy atom. The number of aryl methyl sites for hydroxylation is 2. The summed E-state index contributed by atoms with van der Waals surface area (Å²) in [5.74, 6) is 1.84. The van der Waals surface area contributed by atoms with Gasteiger partial charge in [0.2, 0.25) is 0 Å². The number of hydrogen-bond donors (Lipinski definition) is 0. The third kappa shape index (κ3) is 4.77. The van der Waals surface area contributed by atoms with Gasteiger partial charge in [-0.25, -0.2) is 0 Å². The zero-order valence-corrected chi connectivity index (χ0v) is 25.1. The number of allylic oxidation sites excluding steroid dienone is 3. The van der Waals surface area contributed by atoms with Gasteiger partial charge in [0.25, 0.3) is 0 Å². The van der Waals surface area contributed by atoms with Gasteiger partial charge in [-0.3, -0.25) is 0 Å². The van der Waals surface area contributed by atoms with E-state index in [9.17, 15) is 0 Å². The second-order valence-corrected chi connectivity index (χ2v) is 11.6. The van der Waals surface area contributed by atoms with Gasteiger partial charge < -0.3 is 9.47 Å². The van der Waals surface area contributed by atoms with Gasteiger partial charge in [0.1, 0.15) is 11.5 Å². The van der Waals surface area contributed by atoms with Crippen LogP contribution in [-0.4, -0.2) is 14.2 Å². The predicted molar refractivity (Wildman–Crippen MR) is 168 cm³/mol. The van der Waals surface area contributed by atoms with Crippen molar-refractivity contribution in [2.75, 3.05) is 14.2 Å². The van der Waals surface area contributed by atoms with Gasteiger partial charge in [0, 0.05) is 11.3 Å². The van der Waals surface area contributed by atoms with Gasteiger partial charge >= 0.3 is 0 Å². The lowest BCUT2D eigenvalue weighted by atomic mass is 9.68. The SMILES string of the molecule is COc1ccc([C@@H]2C(C(=C(C)C)C(C)(C)c3ccc(OC)cc3)=C(c3ccc(C)c(C)c3)c3ccccc32)cc1. The Labute approximate surface area is 240 Å². The molecule has 5 rings (SSSR count). The molecule has 0 aromatic heterocycles. The van der Waals surface area contributed by atoms with E-state index in [4.69, 9.17) is 9.47 Å². The maximum Gasteiger partial charge on any atom is 0.118 e. The Bertz CT molecular complexity index is 1590. The average molecular weight is 529 g/mol. The molecule has 0 aliphatic heterocycles. The highest BCUT2D eigenvalue weighted by Crippen LogP contribution is 2.55. The van der Waals surface area contributed by atoms with Crippen LogP contribution in [-0.2, 0) is 5.41 Å². The molecule has 1 atom stereocenters. The van der Waals surface area contributed by atoms with Crippen LogP contribution in [0, 0.1) is 13.8 Å². The second kappa shape index (κ2) is 10.8. The van der Waals surface area contributed by atoms with Gasteiger partial charge in [-0.15, -0.1) is 0 Å². The molecule has 40 heavy (non-hydrogen) atoms. The molecule has 0 heterocycles. The zero-order valence-electron chi connectivity index (χ0n) is 25.1. The van der Waals surface area contributed by atoms with Crippen LogP contribution < -0.4 is 9.47 Å². The Morgan fingerprint density at radius 1 is 0.700 bits per heavy atom. The van der Waals surface area contributed by atoms with E-state index in [-0.39, 0.29) is 11.3 Å². The minimum atomic E-state index is -0.252. The molecule has 4 aromatic rings. The molecule has 0 amide bonds. The lowest BCUT2D eigenvalue weighted by Gasteiger charge is -2.35. The monoisotopic (exact) mass is 528 g/mol. The molecule has 0 N–H and O–H groups in total. The molecule has 2 nitrogen and oxygen atoms in total. The molecule has 4 aromatic carbocycles. The zero-order chi connectivity index (χ0) is 28.6. The van der Waals surface area contributed by atoms with Crippen LogP contribution in [0.25, 0.3) is 5.57 Å². The molecule has 0 unspecified atom stereocenters. The maximum atomic E-state index is 5.53. The Kier molecular flexibility index (Phi) is 7.47. The largest absolute Gasteiger partial charge is 0.497 e. The van der Waals surface area contributed by atoms with Crippen LogP contribution in [0.4, 0.5) is 0 Å². The van der Waals surface area contributed by atoms with Crippen LogP contribution in [0.1, 0.15) is 72.6 Å². The van der Waals surface area contributed by atoms with Crippen molar-refractivity contribution in [3.05, 3.63) is 147 Å². The summed E-state index contributed by atoms with van der Waals surface area (Å²) in [5.41, 5.74) is 14.2. The molecule has 2 heteroatoms. The molecule has 0 radical (unpaired) electrons. The first-order valence-corrected chi connectivity index (χ1v) is 14.0. The first kappa shape index (κ1) is 27.5. The van der Waals surface area contributed by atoms with E-state index in [0.29, 0.717) is 0 Å². The highest BCUT2D eigenvalue weighted by Gasteiger charge is 2.40. The maximum absolute atomic E-state index is 5.53. The number of fused-ring (bicyclic) bond motifs is 1. The number of ether oxygens (including phenoxy) is 2. The van der Waals surface area contributed by atoms with Crippen molar-refractivity contribution in [2.24, 2.45) is 0 Å². The Morgan fingerprint density at radius 2 is 1.30 bits per heavy atom. The van der Waals surface area contributed by atoms with Gasteiger partial charge in [0.05, 0.1) is 14.2 Å². The highest BCUT2D eigenvalue weighted by molar-refractivity contribution is 5.93. The Balaban J connectivity index is 1.85. The van der Waals surface area contributed by atoms with Crippen molar-refractivity contribution >= 4 is 5.57 Å². The van der Waals surface area contributed by atoms with Crippen LogP contribution in [0.15, 0.2) is 108 Å². The van der Waals surface area contributed by atoms with E-state index in [1.807, 2.05) is 0 Å². The fourth-order valence-corrected chi connectivity index (χ4v) is 6.42. The van der Waals surface area contributed by atoms with E-state index in [1.54, 1.807) is 14.2 Å². The molecule has 204 valence electrons. The van der Waals surface area contributed by atoms with E-state index < -0.39 is 0 Å². The van der Waals surface area contributed by atoms with Gasteiger partial charge in [0.15, 0.2) is 0 Å². The molecule has 1 aliphatic carbocycles. The number of rotatable bonds is 7. The summed E-state index contributed by atoms with van der Waals surface area (Å²) in [5, 5.41) is 0. The average Bonchev–Trinajstić information content (AvgIpc) is 3.28. The van der Waals surface area contributed by atoms with Crippen LogP contribution in [0.2, 0.25) is 0 Å². The predicted octanol–water partition coefficient (Wildman–Crippen LogP) is 9.58. The molecule has 0 saturated carbocycles. The van der Waals surface area contributed by atoms with Crippen molar-refractivity contribution in [2.45, 2.75) is 52.9 Å². The van der Waals surface area contributed by atoms with Gasteiger partial charge in [-0.2, -0.15) is 0 Å². The van der Waals surface area contributed by atoms with Crippen molar-refractivity contribution in [3.8, 4) is 11.5 Å². The quantitative estimate of drug-likeness (QED) is 0.238. The van der Waals surface area contributed by atoms with Crippen LogP contribution in [0.5, 0.6) is 11.5 Å². The third-order valence-electron chi connectivity index (χ3n) is 8.55. The highest BCUT2D eigenvalue weighted by atomic mass is 16.5. The minimum absolute atomic E-state index is 0.0983. The first-order valence-electron chi connectivity index (χ1n) is 14.0. The summed E-state index contributed by atoms with van der Waals surface area (Å²) in [6, 6.07) is 33.1. The van der Waals surface area contributed by atoms with E-state index in [1.165, 1.54) is 61.2 Å². The van der Waals surface area contributed by atoms with Crippen molar-refractivity contribution < 1.29 is 9.47 Å². The normalized spacial score (nSPS) is 14.7. The summed E-state index contributed by atoms with van der Waals surface area (Å²) in [7, 11) is 3.44. The molecular weight excluding hydrogens is 488 g/mol. The van der Waals surface area contributed by atoms with Crippen molar-refractivity contribution in [3.63, 3.8) is 0 Å². The van der Waals surface area contributed by atoms with E-state index >= 15 is 0 Å². The second-order valence-electron chi connectivity index (χ2n) is 11.6. The standard InChI is InChI=1S/C38H40O2/c1-24(2)37(38(5,6)29-17-21-31(40-8)22-18-29)36-34(27-15-19-30(39-7)20-16-27)32-11-9-10-12-33(32)35(36)28-14-13-25(3)26(4)23-28/h9-23,34H,1-8H3/t34-/m0/s1. The Hall–Kier alpha value is -4.04. The third-order valence-corrected chi connectivity index (χ3v) is 8.55. The van der Waals surface area contributed by atoms with E-state index in [2.05, 4.69) is 133 Å². The minimum Gasteiger partial charge on any atom is -0.497 e. The van der Waals surface area contributed by atoms with Gasteiger partial charge in [-0.05, 0) is 108 Å². The molecule has 0 fully saturated rings. The number of benzene rings is 4. The van der Waals surface area contributed by atoms with Crippen LogP contribution in [0.3, 0.4) is 0 Å². The molecule has 0 bridgehead atoms. The van der Waals surface area contributed by atoms with Crippen molar-refractivity contribution in [1.82, 2.24) is 0 Å². The lowest BCUT2D eigenvalue weighted by Crippen LogP contribution is -2.25. The summed E-state index contributed by atoms with van der Waals surface area (Å²) < 4.78 is 11.0. The summed E-state index contributed by atoms with van der Waals surface area (Å²) in [6.45, 7) is 13.6. The molecule has 0 spiro atoms. The molecule has 0 saturated heterocycles. The fraction of sp³-hybridized carbons (Fsp3) is 0.263. The summed E-state index contributed by atoms with van der Waals surface area (Å²) in [4.78, 5) is 0. The molecule has 1 aliphatic rings.